The van der Waals surface area contributed by atoms with E-state index < -0.39 is 0 Å². The Kier molecular flexibility index (Phi) is 6.85. The Morgan fingerprint density at radius 3 is 2.75 bits per heavy atom. The summed E-state index contributed by atoms with van der Waals surface area (Å²) in [4.78, 5) is 24.3. The number of amides is 1. The van der Waals surface area contributed by atoms with Gasteiger partial charge in [0.05, 0.1) is 12.2 Å². The molecule has 1 aliphatic rings. The van der Waals surface area contributed by atoms with Gasteiger partial charge in [-0.05, 0) is 25.8 Å². The Labute approximate surface area is 173 Å². The lowest BCUT2D eigenvalue weighted by molar-refractivity contribution is -0.150. The van der Waals surface area contributed by atoms with Crippen LogP contribution in [-0.2, 0) is 27.4 Å². The summed E-state index contributed by atoms with van der Waals surface area (Å²) in [6, 6.07) is 9.76. The molecule has 2 aromatic rings. The van der Waals surface area contributed by atoms with Gasteiger partial charge in [0.1, 0.15) is 6.04 Å². The van der Waals surface area contributed by atoms with Crippen molar-refractivity contribution in [3.8, 4) is 0 Å². The number of carbonyl (C=O) groups is 2. The first-order valence-electron chi connectivity index (χ1n) is 9.31. The Morgan fingerprint density at radius 2 is 2.07 bits per heavy atom. The number of ether oxygens (including phenoxy) is 1. The molecule has 2 heterocycles. The van der Waals surface area contributed by atoms with E-state index in [0.717, 1.165) is 23.5 Å². The second-order valence-electron chi connectivity index (χ2n) is 6.97. The van der Waals surface area contributed by atoms with Crippen LogP contribution in [0.2, 0.25) is 0 Å². The highest BCUT2D eigenvalue weighted by atomic mass is 79.9. The molecule has 2 N–H and O–H groups in total. The average Bonchev–Trinajstić information content (AvgIpc) is 3.23. The van der Waals surface area contributed by atoms with Crippen LogP contribution in [0.15, 0.2) is 30.3 Å². The van der Waals surface area contributed by atoms with Crippen LogP contribution in [-0.4, -0.2) is 45.7 Å². The van der Waals surface area contributed by atoms with E-state index in [1.54, 1.807) is 0 Å². The Balaban J connectivity index is 1.50. The van der Waals surface area contributed by atoms with Gasteiger partial charge >= 0.3 is 5.97 Å². The van der Waals surface area contributed by atoms with E-state index in [1.807, 2.05) is 36.7 Å². The Hall–Kier alpha value is -2.19. The van der Waals surface area contributed by atoms with E-state index in [4.69, 9.17) is 4.74 Å². The number of esters is 1. The molecule has 1 amide bonds. The van der Waals surface area contributed by atoms with Gasteiger partial charge in [0.15, 0.2) is 6.61 Å². The molecule has 0 saturated carbocycles. The number of halogens is 1. The highest BCUT2D eigenvalue weighted by molar-refractivity contribution is 9.09. The molecule has 0 bridgehead atoms. The average molecular weight is 449 g/mol. The maximum Gasteiger partial charge on any atom is 0.323 e. The number of aryl methyl sites for hydroxylation is 1. The SMILES string of the molecule is Cc1nn(Cc2ccccc2)c(C)c1CNC(=O)COC(=O)C1CC(Br)CN1. The number of carbonyl (C=O) groups excluding carboxylic acids is 2. The number of rotatable bonds is 7. The van der Waals surface area contributed by atoms with E-state index in [2.05, 4.69) is 43.8 Å². The van der Waals surface area contributed by atoms with Crippen molar-refractivity contribution >= 4 is 27.8 Å². The molecule has 3 rings (SSSR count). The second-order valence-corrected chi connectivity index (χ2v) is 8.27. The summed E-state index contributed by atoms with van der Waals surface area (Å²) in [6.45, 7) is 5.40. The molecule has 1 aliphatic heterocycles. The summed E-state index contributed by atoms with van der Waals surface area (Å²) in [6.07, 6.45) is 0.666. The third-order valence-corrected chi connectivity index (χ3v) is 5.57. The van der Waals surface area contributed by atoms with E-state index in [-0.39, 0.29) is 29.4 Å². The smallest absolute Gasteiger partial charge is 0.323 e. The van der Waals surface area contributed by atoms with Crippen molar-refractivity contribution in [3.63, 3.8) is 0 Å². The van der Waals surface area contributed by atoms with E-state index >= 15 is 0 Å². The highest BCUT2D eigenvalue weighted by Crippen LogP contribution is 2.16. The van der Waals surface area contributed by atoms with Gasteiger partial charge < -0.3 is 15.4 Å². The van der Waals surface area contributed by atoms with Crippen LogP contribution in [0.25, 0.3) is 0 Å². The maximum atomic E-state index is 12.1. The number of nitrogens with one attached hydrogen (secondary N) is 2. The number of aromatic nitrogens is 2. The molecule has 150 valence electrons. The molecule has 0 radical (unpaired) electrons. The van der Waals surface area contributed by atoms with E-state index in [1.165, 1.54) is 5.56 Å². The first-order chi connectivity index (χ1) is 13.4. The molecule has 1 saturated heterocycles. The summed E-state index contributed by atoms with van der Waals surface area (Å²) >= 11 is 3.46. The van der Waals surface area contributed by atoms with Gasteiger partial charge in [0.2, 0.25) is 0 Å². The normalized spacial score (nSPS) is 18.8. The standard InChI is InChI=1S/C20H25BrN4O3/c1-13-17(14(2)25(24-13)11-15-6-4-3-5-7-15)10-23-19(26)12-28-20(27)18-8-16(21)9-22-18/h3-7,16,18,22H,8-12H2,1-2H3,(H,23,26). The summed E-state index contributed by atoms with van der Waals surface area (Å²) in [5.41, 5.74) is 4.04. The zero-order chi connectivity index (χ0) is 20.1. The number of hydrogen-bond donors (Lipinski definition) is 2. The van der Waals surface area contributed by atoms with Crippen molar-refractivity contribution in [1.82, 2.24) is 20.4 Å². The van der Waals surface area contributed by atoms with Gasteiger partial charge in [0, 0.05) is 29.2 Å². The molecular formula is C20H25BrN4O3. The van der Waals surface area contributed by atoms with Crippen molar-refractivity contribution in [2.75, 3.05) is 13.2 Å². The van der Waals surface area contributed by atoms with Gasteiger partial charge in [-0.15, -0.1) is 0 Å². The predicted octanol–water partition coefficient (Wildman–Crippen LogP) is 1.83. The lowest BCUT2D eigenvalue weighted by Gasteiger charge is -2.11. The van der Waals surface area contributed by atoms with Crippen LogP contribution in [0, 0.1) is 13.8 Å². The minimum absolute atomic E-state index is 0.261. The molecule has 2 atom stereocenters. The fourth-order valence-corrected chi connectivity index (χ4v) is 3.81. The lowest BCUT2D eigenvalue weighted by Crippen LogP contribution is -2.35. The van der Waals surface area contributed by atoms with Crippen molar-refractivity contribution in [3.05, 3.63) is 52.8 Å². The van der Waals surface area contributed by atoms with Gasteiger partial charge in [-0.3, -0.25) is 14.3 Å². The van der Waals surface area contributed by atoms with Gasteiger partial charge in [-0.2, -0.15) is 5.10 Å². The Morgan fingerprint density at radius 1 is 1.32 bits per heavy atom. The van der Waals surface area contributed by atoms with Crippen molar-refractivity contribution in [1.29, 1.82) is 0 Å². The zero-order valence-corrected chi connectivity index (χ0v) is 17.7. The number of alkyl halides is 1. The molecular weight excluding hydrogens is 424 g/mol. The summed E-state index contributed by atoms with van der Waals surface area (Å²) in [5.74, 6) is -0.712. The van der Waals surface area contributed by atoms with E-state index in [9.17, 15) is 9.59 Å². The second kappa shape index (κ2) is 9.34. The third kappa shape index (κ3) is 5.20. The van der Waals surface area contributed by atoms with E-state index in [0.29, 0.717) is 19.5 Å². The van der Waals surface area contributed by atoms with Crippen molar-refractivity contribution in [2.24, 2.45) is 0 Å². The van der Waals surface area contributed by atoms with Gasteiger partial charge in [-0.1, -0.05) is 46.3 Å². The van der Waals surface area contributed by atoms with Crippen LogP contribution < -0.4 is 10.6 Å². The van der Waals surface area contributed by atoms with Crippen LogP contribution >= 0.6 is 15.9 Å². The zero-order valence-electron chi connectivity index (χ0n) is 16.1. The Bertz CT molecular complexity index is 837. The molecule has 1 aromatic carbocycles. The van der Waals surface area contributed by atoms with Gasteiger partial charge in [0.25, 0.3) is 5.91 Å². The lowest BCUT2D eigenvalue weighted by atomic mass is 10.2. The van der Waals surface area contributed by atoms with Crippen molar-refractivity contribution in [2.45, 2.75) is 44.2 Å². The topological polar surface area (TPSA) is 85.2 Å². The predicted molar refractivity (Wildman–Crippen MR) is 109 cm³/mol. The molecule has 7 nitrogen and oxygen atoms in total. The van der Waals surface area contributed by atoms with Gasteiger partial charge in [-0.25, -0.2) is 0 Å². The van der Waals surface area contributed by atoms with Crippen LogP contribution in [0.4, 0.5) is 0 Å². The summed E-state index contributed by atoms with van der Waals surface area (Å²) in [5, 5.41) is 10.5. The first-order valence-corrected chi connectivity index (χ1v) is 10.2. The summed E-state index contributed by atoms with van der Waals surface area (Å²) in [7, 11) is 0. The molecule has 2 unspecified atom stereocenters. The monoisotopic (exact) mass is 448 g/mol. The van der Waals surface area contributed by atoms with Crippen LogP contribution in [0.5, 0.6) is 0 Å². The molecule has 8 heteroatoms. The minimum atomic E-state index is -0.389. The van der Waals surface area contributed by atoms with Crippen LogP contribution in [0.1, 0.15) is 28.9 Å². The fraction of sp³-hybridized carbons (Fsp3) is 0.450. The summed E-state index contributed by atoms with van der Waals surface area (Å²) < 4.78 is 7.05. The number of benzene rings is 1. The minimum Gasteiger partial charge on any atom is -0.454 e. The molecule has 0 spiro atoms. The number of hydrogen-bond acceptors (Lipinski definition) is 5. The molecule has 1 fully saturated rings. The van der Waals surface area contributed by atoms with Crippen molar-refractivity contribution < 1.29 is 14.3 Å². The van der Waals surface area contributed by atoms with Crippen LogP contribution in [0.3, 0.4) is 0 Å². The molecule has 0 aliphatic carbocycles. The third-order valence-electron chi connectivity index (χ3n) is 4.88. The maximum absolute atomic E-state index is 12.1. The highest BCUT2D eigenvalue weighted by Gasteiger charge is 2.29. The molecule has 28 heavy (non-hydrogen) atoms. The fourth-order valence-electron chi connectivity index (χ4n) is 3.25. The molecule has 1 aromatic heterocycles. The number of nitrogens with zero attached hydrogens (tertiary/aromatic N) is 2. The first kappa shape index (κ1) is 20.5. The largest absolute Gasteiger partial charge is 0.454 e. The quantitative estimate of drug-likeness (QED) is 0.498.